The third kappa shape index (κ3) is 5.13. The zero-order chi connectivity index (χ0) is 20.1. The summed E-state index contributed by atoms with van der Waals surface area (Å²) in [5, 5.41) is 5.95. The number of rotatable bonds is 6. The van der Waals surface area contributed by atoms with Crippen molar-refractivity contribution in [3.63, 3.8) is 0 Å². The van der Waals surface area contributed by atoms with Crippen LogP contribution in [0.5, 0.6) is 0 Å². The number of carbonyl (C=O) groups excluding carboxylic acids is 2. The van der Waals surface area contributed by atoms with Gasteiger partial charge in [-0.3, -0.25) is 9.59 Å². The van der Waals surface area contributed by atoms with E-state index in [1.54, 1.807) is 0 Å². The van der Waals surface area contributed by atoms with Crippen LogP contribution in [0.2, 0.25) is 0 Å². The first-order valence-electron chi connectivity index (χ1n) is 9.24. The van der Waals surface area contributed by atoms with Crippen LogP contribution in [0.3, 0.4) is 0 Å². The lowest BCUT2D eigenvalue weighted by Crippen LogP contribution is -2.55. The van der Waals surface area contributed by atoms with Crippen LogP contribution in [-0.2, 0) is 16.1 Å². The van der Waals surface area contributed by atoms with Crippen molar-refractivity contribution in [2.75, 3.05) is 13.1 Å². The van der Waals surface area contributed by atoms with Crippen molar-refractivity contribution in [3.8, 4) is 0 Å². The van der Waals surface area contributed by atoms with Crippen molar-refractivity contribution < 1.29 is 18.4 Å². The molecule has 1 aliphatic rings. The van der Waals surface area contributed by atoms with Gasteiger partial charge in [0.2, 0.25) is 11.8 Å². The Balaban J connectivity index is 1.58. The fourth-order valence-corrected chi connectivity index (χ4v) is 3.34. The molecule has 7 heteroatoms. The van der Waals surface area contributed by atoms with Crippen molar-refractivity contribution >= 4 is 11.8 Å². The Bertz CT molecular complexity index is 825. The Labute approximate surface area is 162 Å². The number of carbonyl (C=O) groups is 2. The van der Waals surface area contributed by atoms with Crippen molar-refractivity contribution in [1.29, 1.82) is 0 Å². The van der Waals surface area contributed by atoms with Crippen LogP contribution >= 0.6 is 0 Å². The largest absolute Gasteiger partial charge is 0.350 e. The summed E-state index contributed by atoms with van der Waals surface area (Å²) >= 11 is 0. The van der Waals surface area contributed by atoms with E-state index in [2.05, 4.69) is 10.6 Å². The molecule has 1 aliphatic heterocycles. The molecule has 2 aromatic rings. The lowest BCUT2D eigenvalue weighted by atomic mass is 10.1. The number of piperazine rings is 1. The topological polar surface area (TPSA) is 61.4 Å². The van der Waals surface area contributed by atoms with Gasteiger partial charge < -0.3 is 15.5 Å². The third-order valence-electron chi connectivity index (χ3n) is 4.74. The van der Waals surface area contributed by atoms with Gasteiger partial charge in [0.15, 0.2) is 0 Å². The summed E-state index contributed by atoms with van der Waals surface area (Å²) in [5.41, 5.74) is 1.36. The molecule has 2 unspecified atom stereocenters. The van der Waals surface area contributed by atoms with Gasteiger partial charge in [-0.05, 0) is 30.2 Å². The summed E-state index contributed by atoms with van der Waals surface area (Å²) in [6.45, 7) is 2.91. The first kappa shape index (κ1) is 19.9. The molecule has 2 N–H and O–H groups in total. The Morgan fingerprint density at radius 2 is 1.89 bits per heavy atom. The fraction of sp³-hybridized carbons (Fsp3) is 0.333. The molecule has 0 saturated carbocycles. The minimum atomic E-state index is -0.677. The van der Waals surface area contributed by atoms with E-state index in [1.165, 1.54) is 17.0 Å². The van der Waals surface area contributed by atoms with E-state index in [0.717, 1.165) is 11.6 Å². The highest BCUT2D eigenvalue weighted by atomic mass is 19.1. The first-order valence-corrected chi connectivity index (χ1v) is 9.24. The molecular formula is C21H23F2N3O2. The number of nitrogens with one attached hydrogen (secondary N) is 2. The van der Waals surface area contributed by atoms with Crippen molar-refractivity contribution in [2.45, 2.75) is 32.0 Å². The van der Waals surface area contributed by atoms with Gasteiger partial charge in [0.25, 0.3) is 0 Å². The molecule has 0 radical (unpaired) electrons. The predicted octanol–water partition coefficient (Wildman–Crippen LogP) is 2.53. The first-order chi connectivity index (χ1) is 13.4. The van der Waals surface area contributed by atoms with E-state index >= 15 is 0 Å². The van der Waals surface area contributed by atoms with Gasteiger partial charge in [-0.25, -0.2) is 8.78 Å². The summed E-state index contributed by atoms with van der Waals surface area (Å²) < 4.78 is 26.8. The van der Waals surface area contributed by atoms with E-state index in [-0.39, 0.29) is 30.8 Å². The standard InChI is InChI=1S/C21H23F2N3O2/c1-14(16-5-3-2-4-6-16)25-20(27)12-19-21(28)26(8-7-24-19)13-15-9-17(22)11-18(23)10-15/h2-6,9-11,14,19,24H,7-8,12-13H2,1H3,(H,25,27). The number of amides is 2. The van der Waals surface area contributed by atoms with Crippen LogP contribution < -0.4 is 10.6 Å². The van der Waals surface area contributed by atoms with Crippen LogP contribution in [0.4, 0.5) is 8.78 Å². The van der Waals surface area contributed by atoms with Crippen molar-refractivity contribution in [3.05, 3.63) is 71.3 Å². The maximum Gasteiger partial charge on any atom is 0.240 e. The molecule has 148 valence electrons. The smallest absolute Gasteiger partial charge is 0.240 e. The molecule has 1 fully saturated rings. The summed E-state index contributed by atoms with van der Waals surface area (Å²) in [7, 11) is 0. The molecule has 28 heavy (non-hydrogen) atoms. The normalized spacial score (nSPS) is 18.0. The Kier molecular flexibility index (Phi) is 6.36. The second kappa shape index (κ2) is 8.93. The molecule has 0 spiro atoms. The number of hydrogen-bond donors (Lipinski definition) is 2. The Morgan fingerprint density at radius 3 is 2.57 bits per heavy atom. The minimum absolute atomic E-state index is 0.00399. The van der Waals surface area contributed by atoms with Crippen LogP contribution in [0.1, 0.15) is 30.5 Å². The second-order valence-corrected chi connectivity index (χ2v) is 6.95. The highest BCUT2D eigenvalue weighted by Crippen LogP contribution is 2.15. The molecule has 0 aromatic heterocycles. The number of hydrogen-bond acceptors (Lipinski definition) is 3. The van der Waals surface area contributed by atoms with Crippen molar-refractivity contribution in [1.82, 2.24) is 15.5 Å². The average Bonchev–Trinajstić information content (AvgIpc) is 2.65. The lowest BCUT2D eigenvalue weighted by Gasteiger charge is -2.33. The minimum Gasteiger partial charge on any atom is -0.350 e. The van der Waals surface area contributed by atoms with Gasteiger partial charge in [0, 0.05) is 25.7 Å². The van der Waals surface area contributed by atoms with Gasteiger partial charge in [-0.15, -0.1) is 0 Å². The average molecular weight is 387 g/mol. The van der Waals surface area contributed by atoms with Gasteiger partial charge in [-0.2, -0.15) is 0 Å². The SMILES string of the molecule is CC(NC(=O)CC1NCCN(Cc2cc(F)cc(F)c2)C1=O)c1ccccc1. The Hall–Kier alpha value is -2.80. The van der Waals surface area contributed by atoms with E-state index < -0.39 is 17.7 Å². The predicted molar refractivity (Wildman–Crippen MR) is 101 cm³/mol. The van der Waals surface area contributed by atoms with Crippen LogP contribution in [-0.4, -0.2) is 35.8 Å². The molecule has 1 heterocycles. The molecule has 5 nitrogen and oxygen atoms in total. The molecule has 2 amide bonds. The zero-order valence-electron chi connectivity index (χ0n) is 15.6. The second-order valence-electron chi connectivity index (χ2n) is 6.95. The summed E-state index contributed by atoms with van der Waals surface area (Å²) in [6.07, 6.45) is 0.00399. The monoisotopic (exact) mass is 387 g/mol. The van der Waals surface area contributed by atoms with E-state index in [9.17, 15) is 18.4 Å². The highest BCUT2D eigenvalue weighted by Gasteiger charge is 2.30. The quantitative estimate of drug-likeness (QED) is 0.801. The van der Waals surface area contributed by atoms with Crippen LogP contribution in [0.15, 0.2) is 48.5 Å². The van der Waals surface area contributed by atoms with Gasteiger partial charge in [0.05, 0.1) is 18.5 Å². The van der Waals surface area contributed by atoms with Crippen LogP contribution in [0.25, 0.3) is 0 Å². The Morgan fingerprint density at radius 1 is 1.21 bits per heavy atom. The zero-order valence-corrected chi connectivity index (χ0v) is 15.6. The van der Waals surface area contributed by atoms with Gasteiger partial charge >= 0.3 is 0 Å². The number of benzene rings is 2. The van der Waals surface area contributed by atoms with Gasteiger partial charge in [0.1, 0.15) is 11.6 Å². The molecular weight excluding hydrogens is 364 g/mol. The molecule has 2 atom stereocenters. The summed E-state index contributed by atoms with van der Waals surface area (Å²) in [6, 6.07) is 11.9. The van der Waals surface area contributed by atoms with E-state index in [0.29, 0.717) is 18.7 Å². The van der Waals surface area contributed by atoms with E-state index in [1.807, 2.05) is 37.3 Å². The molecule has 0 bridgehead atoms. The molecule has 1 saturated heterocycles. The van der Waals surface area contributed by atoms with Crippen molar-refractivity contribution in [2.24, 2.45) is 0 Å². The number of nitrogens with zero attached hydrogens (tertiary/aromatic N) is 1. The van der Waals surface area contributed by atoms with Crippen LogP contribution in [0, 0.1) is 11.6 Å². The highest BCUT2D eigenvalue weighted by molar-refractivity contribution is 5.89. The summed E-state index contributed by atoms with van der Waals surface area (Å²) in [4.78, 5) is 26.6. The lowest BCUT2D eigenvalue weighted by molar-refractivity contribution is -0.138. The van der Waals surface area contributed by atoms with E-state index in [4.69, 9.17) is 0 Å². The maximum atomic E-state index is 13.4. The van der Waals surface area contributed by atoms with Gasteiger partial charge in [-0.1, -0.05) is 30.3 Å². The maximum absolute atomic E-state index is 13.4. The molecule has 2 aromatic carbocycles. The number of halogens is 2. The molecule has 3 rings (SSSR count). The fourth-order valence-electron chi connectivity index (χ4n) is 3.34. The molecule has 0 aliphatic carbocycles. The third-order valence-corrected chi connectivity index (χ3v) is 4.74. The summed E-state index contributed by atoms with van der Waals surface area (Å²) in [5.74, 6) is -1.84.